The van der Waals surface area contributed by atoms with Crippen LogP contribution >= 0.6 is 11.6 Å². The van der Waals surface area contributed by atoms with E-state index in [9.17, 15) is 4.79 Å². The number of carbonyl (C=O) groups excluding carboxylic acids is 1. The molecule has 1 N–H and O–H groups in total. The summed E-state index contributed by atoms with van der Waals surface area (Å²) in [6.07, 6.45) is 1.83. The van der Waals surface area contributed by atoms with Crippen molar-refractivity contribution in [3.8, 4) is 0 Å². The van der Waals surface area contributed by atoms with E-state index in [0.717, 1.165) is 41.8 Å². The van der Waals surface area contributed by atoms with Crippen LogP contribution in [-0.4, -0.2) is 22.0 Å². The number of hydrogen-bond acceptors (Lipinski definition) is 2. The Kier molecular flexibility index (Phi) is 3.19. The average Bonchev–Trinajstić information content (AvgIpc) is 2.76. The number of aryl methyl sites for hydroxylation is 1. The second-order valence-corrected chi connectivity index (χ2v) is 5.24. The summed E-state index contributed by atoms with van der Waals surface area (Å²) in [5.74, 6) is 1.15. The lowest BCUT2D eigenvalue weighted by molar-refractivity contribution is -0.125. The minimum absolute atomic E-state index is 0.0671. The topological polar surface area (TPSA) is 46.9 Å². The molecular weight excluding hydrogens is 262 g/mol. The highest BCUT2D eigenvalue weighted by atomic mass is 35.5. The Morgan fingerprint density at radius 3 is 3.11 bits per heavy atom. The summed E-state index contributed by atoms with van der Waals surface area (Å²) in [5, 5.41) is 2.92. The zero-order valence-corrected chi connectivity index (χ0v) is 11.6. The van der Waals surface area contributed by atoms with Gasteiger partial charge in [-0.1, -0.05) is 6.07 Å². The summed E-state index contributed by atoms with van der Waals surface area (Å²) in [6.45, 7) is 2.80. The normalized spacial score (nSPS) is 19.7. The molecule has 0 bridgehead atoms. The first kappa shape index (κ1) is 12.5. The van der Waals surface area contributed by atoms with Crippen molar-refractivity contribution in [2.24, 2.45) is 0 Å². The van der Waals surface area contributed by atoms with Crippen LogP contribution in [0.2, 0.25) is 0 Å². The van der Waals surface area contributed by atoms with Gasteiger partial charge in [0.1, 0.15) is 11.9 Å². The maximum Gasteiger partial charge on any atom is 0.243 e. The number of carbonyl (C=O) groups is 1. The van der Waals surface area contributed by atoms with Gasteiger partial charge in [-0.3, -0.25) is 4.79 Å². The largest absolute Gasteiger partial charge is 0.354 e. The molecule has 0 aliphatic carbocycles. The third-order valence-corrected chi connectivity index (χ3v) is 3.84. The zero-order chi connectivity index (χ0) is 13.4. The van der Waals surface area contributed by atoms with Crippen molar-refractivity contribution in [2.75, 3.05) is 6.54 Å². The summed E-state index contributed by atoms with van der Waals surface area (Å²) >= 11 is 6.00. The molecule has 0 spiro atoms. The van der Waals surface area contributed by atoms with E-state index in [0.29, 0.717) is 5.88 Å². The molecule has 100 valence electrons. The first-order valence-electron chi connectivity index (χ1n) is 6.52. The van der Waals surface area contributed by atoms with Crippen LogP contribution in [0.5, 0.6) is 0 Å². The Labute approximate surface area is 116 Å². The summed E-state index contributed by atoms with van der Waals surface area (Å²) in [4.78, 5) is 16.6. The van der Waals surface area contributed by atoms with Crippen LogP contribution in [0.1, 0.15) is 30.3 Å². The van der Waals surface area contributed by atoms with Gasteiger partial charge in [-0.15, -0.1) is 11.6 Å². The summed E-state index contributed by atoms with van der Waals surface area (Å²) < 4.78 is 2.00. The third-order valence-electron chi connectivity index (χ3n) is 3.61. The Morgan fingerprint density at radius 2 is 2.37 bits per heavy atom. The molecule has 2 heterocycles. The smallest absolute Gasteiger partial charge is 0.243 e. The fourth-order valence-electron chi connectivity index (χ4n) is 2.70. The van der Waals surface area contributed by atoms with Crippen molar-refractivity contribution in [1.82, 2.24) is 14.9 Å². The third kappa shape index (κ3) is 2.10. The standard InChI is InChI=1S/C14H16ClN3O/c1-9-4-5-11-10(7-9)17-13(8-15)18(11)12-3-2-6-16-14(12)19/h4-5,7,12H,2-3,6,8H2,1H3,(H,16,19). The number of halogens is 1. The van der Waals surface area contributed by atoms with Crippen LogP contribution in [0.15, 0.2) is 18.2 Å². The van der Waals surface area contributed by atoms with Gasteiger partial charge in [0.05, 0.1) is 16.9 Å². The van der Waals surface area contributed by atoms with Gasteiger partial charge in [0, 0.05) is 6.54 Å². The first-order chi connectivity index (χ1) is 9.20. The zero-order valence-electron chi connectivity index (χ0n) is 10.8. The fourth-order valence-corrected chi connectivity index (χ4v) is 2.89. The van der Waals surface area contributed by atoms with Gasteiger partial charge in [-0.2, -0.15) is 0 Å². The fraction of sp³-hybridized carbons (Fsp3) is 0.429. The average molecular weight is 278 g/mol. The number of benzene rings is 1. The Balaban J connectivity index is 2.17. The quantitative estimate of drug-likeness (QED) is 0.858. The maximum absolute atomic E-state index is 12.1. The molecule has 5 heteroatoms. The van der Waals surface area contributed by atoms with Crippen LogP contribution < -0.4 is 5.32 Å². The van der Waals surface area contributed by atoms with Gasteiger partial charge in [-0.25, -0.2) is 4.98 Å². The Hall–Kier alpha value is -1.55. The van der Waals surface area contributed by atoms with E-state index in [1.54, 1.807) is 0 Å². The monoisotopic (exact) mass is 277 g/mol. The van der Waals surface area contributed by atoms with Gasteiger partial charge in [-0.05, 0) is 37.5 Å². The summed E-state index contributed by atoms with van der Waals surface area (Å²) in [5.41, 5.74) is 3.06. The lowest BCUT2D eigenvalue weighted by Gasteiger charge is -2.24. The number of hydrogen-bond donors (Lipinski definition) is 1. The lowest BCUT2D eigenvalue weighted by atomic mass is 10.1. The predicted octanol–water partition coefficient (Wildman–Crippen LogP) is 2.53. The number of imidazole rings is 1. The molecule has 1 atom stereocenters. The van der Waals surface area contributed by atoms with E-state index in [1.807, 2.05) is 29.7 Å². The molecular formula is C14H16ClN3O. The molecule has 1 aliphatic heterocycles. The second-order valence-electron chi connectivity index (χ2n) is 4.97. The molecule has 1 unspecified atom stereocenters. The number of aromatic nitrogens is 2. The molecule has 1 aromatic carbocycles. The number of rotatable bonds is 2. The highest BCUT2D eigenvalue weighted by molar-refractivity contribution is 6.17. The van der Waals surface area contributed by atoms with Gasteiger partial charge in [0.25, 0.3) is 0 Å². The molecule has 1 amide bonds. The van der Waals surface area contributed by atoms with E-state index in [2.05, 4.69) is 10.3 Å². The second kappa shape index (κ2) is 4.85. The number of alkyl halides is 1. The minimum atomic E-state index is -0.185. The molecule has 1 aromatic heterocycles. The summed E-state index contributed by atoms with van der Waals surface area (Å²) in [7, 11) is 0. The molecule has 1 aliphatic rings. The SMILES string of the molecule is Cc1ccc2c(c1)nc(CCl)n2C1CCCNC1=O. The number of nitrogens with one attached hydrogen (secondary N) is 1. The molecule has 1 saturated heterocycles. The van der Waals surface area contributed by atoms with Crippen molar-refractivity contribution in [1.29, 1.82) is 0 Å². The van der Waals surface area contributed by atoms with Crippen LogP contribution in [-0.2, 0) is 10.7 Å². The number of amides is 1. The first-order valence-corrected chi connectivity index (χ1v) is 7.05. The van der Waals surface area contributed by atoms with Gasteiger partial charge in [0.2, 0.25) is 5.91 Å². The van der Waals surface area contributed by atoms with Crippen molar-refractivity contribution >= 4 is 28.5 Å². The highest BCUT2D eigenvalue weighted by Crippen LogP contribution is 2.27. The number of nitrogens with zero attached hydrogens (tertiary/aromatic N) is 2. The van der Waals surface area contributed by atoms with Crippen LogP contribution in [0.4, 0.5) is 0 Å². The molecule has 1 fully saturated rings. The predicted molar refractivity (Wildman–Crippen MR) is 75.3 cm³/mol. The molecule has 0 saturated carbocycles. The molecule has 2 aromatic rings. The molecule has 0 radical (unpaired) electrons. The van der Waals surface area contributed by atoms with Crippen LogP contribution in [0.3, 0.4) is 0 Å². The van der Waals surface area contributed by atoms with Crippen molar-refractivity contribution in [3.05, 3.63) is 29.6 Å². The van der Waals surface area contributed by atoms with E-state index in [4.69, 9.17) is 11.6 Å². The minimum Gasteiger partial charge on any atom is -0.354 e. The maximum atomic E-state index is 12.1. The summed E-state index contributed by atoms with van der Waals surface area (Å²) in [6, 6.07) is 5.91. The van der Waals surface area contributed by atoms with Crippen molar-refractivity contribution < 1.29 is 4.79 Å². The van der Waals surface area contributed by atoms with E-state index in [1.165, 1.54) is 0 Å². The van der Waals surface area contributed by atoms with E-state index < -0.39 is 0 Å². The Bertz CT molecular complexity index is 635. The highest BCUT2D eigenvalue weighted by Gasteiger charge is 2.27. The van der Waals surface area contributed by atoms with Crippen molar-refractivity contribution in [2.45, 2.75) is 31.7 Å². The van der Waals surface area contributed by atoms with Crippen LogP contribution in [0.25, 0.3) is 11.0 Å². The van der Waals surface area contributed by atoms with Gasteiger partial charge < -0.3 is 9.88 Å². The van der Waals surface area contributed by atoms with Gasteiger partial charge in [0.15, 0.2) is 0 Å². The molecule has 19 heavy (non-hydrogen) atoms. The van der Waals surface area contributed by atoms with E-state index >= 15 is 0 Å². The number of piperidine rings is 1. The molecule has 3 rings (SSSR count). The van der Waals surface area contributed by atoms with Crippen molar-refractivity contribution in [3.63, 3.8) is 0 Å². The van der Waals surface area contributed by atoms with Gasteiger partial charge >= 0.3 is 0 Å². The number of fused-ring (bicyclic) bond motifs is 1. The van der Waals surface area contributed by atoms with Crippen LogP contribution in [0, 0.1) is 6.92 Å². The Morgan fingerprint density at radius 1 is 1.53 bits per heavy atom. The lowest BCUT2D eigenvalue weighted by Crippen LogP contribution is -2.38. The van der Waals surface area contributed by atoms with E-state index in [-0.39, 0.29) is 11.9 Å². The molecule has 4 nitrogen and oxygen atoms in total.